The van der Waals surface area contributed by atoms with Gasteiger partial charge in [-0.15, -0.1) is 0 Å². The number of likely N-dealkylation sites (N-methyl/N-ethyl adjacent to an activating group) is 1. The van der Waals surface area contributed by atoms with Crippen molar-refractivity contribution in [1.82, 2.24) is 10.3 Å². The number of anilines is 4. The monoisotopic (exact) mass is 500 g/mol. The maximum Gasteiger partial charge on any atom is 0.334 e. The molecule has 11 heteroatoms. The summed E-state index contributed by atoms with van der Waals surface area (Å²) in [7, 11) is 1.74. The third kappa shape index (κ3) is 4.36. The van der Waals surface area contributed by atoms with Crippen molar-refractivity contribution >= 4 is 40.5 Å². The van der Waals surface area contributed by atoms with E-state index in [0.717, 1.165) is 28.0 Å². The van der Waals surface area contributed by atoms with Crippen LogP contribution in [-0.4, -0.2) is 37.7 Å². The molecule has 0 saturated heterocycles. The summed E-state index contributed by atoms with van der Waals surface area (Å²) < 4.78 is 46.2. The highest BCUT2D eigenvalue weighted by atomic mass is 35.5. The van der Waals surface area contributed by atoms with Crippen LogP contribution in [0.15, 0.2) is 36.5 Å². The van der Waals surface area contributed by atoms with Crippen LogP contribution in [0.3, 0.4) is 0 Å². The number of hydrogen-bond acceptors (Lipinski definition) is 5. The van der Waals surface area contributed by atoms with Crippen LogP contribution in [0.1, 0.15) is 12.5 Å². The van der Waals surface area contributed by atoms with E-state index < -0.39 is 29.2 Å². The first kappa shape index (κ1) is 24.3. The molecule has 0 radical (unpaired) electrons. The summed E-state index contributed by atoms with van der Waals surface area (Å²) in [6.07, 6.45) is 1.29. The minimum absolute atomic E-state index is 0.0601. The fourth-order valence-corrected chi connectivity index (χ4v) is 4.12. The summed E-state index contributed by atoms with van der Waals surface area (Å²) in [5.74, 6) is -2.90. The summed E-state index contributed by atoms with van der Waals surface area (Å²) in [5, 5.41) is 15.4. The van der Waals surface area contributed by atoms with Gasteiger partial charge in [0.1, 0.15) is 17.3 Å². The molecule has 180 valence electrons. The van der Waals surface area contributed by atoms with Gasteiger partial charge < -0.3 is 10.6 Å². The molecule has 2 N–H and O–H groups in total. The number of carbonyl (C=O) groups is 1. The van der Waals surface area contributed by atoms with E-state index >= 15 is 13.2 Å². The number of rotatable bonds is 6. The predicted molar refractivity (Wildman–Crippen MR) is 129 cm³/mol. The molecule has 1 aromatic heterocycles. The number of fused-ring (bicyclic) bond motifs is 3. The molecule has 0 atom stereocenters. The van der Waals surface area contributed by atoms with E-state index in [0.29, 0.717) is 13.1 Å². The van der Waals surface area contributed by atoms with Gasteiger partial charge in [0.2, 0.25) is 0 Å². The van der Waals surface area contributed by atoms with E-state index in [4.69, 9.17) is 11.6 Å². The fourth-order valence-electron chi connectivity index (χ4n) is 3.96. The highest BCUT2D eigenvalue weighted by molar-refractivity contribution is 6.31. The SMILES string of the molecule is CCN1C(=O)N(c2c(F)cc(NCCNC)cc2F)c2cc(C#N)cc(F)c2-c2cc(Cl)cnc21. The molecular formula is C24H20ClF3N6O. The normalized spacial score (nSPS) is 12.7. The van der Waals surface area contributed by atoms with Gasteiger partial charge in [-0.3, -0.25) is 9.80 Å². The summed E-state index contributed by atoms with van der Waals surface area (Å²) in [6, 6.07) is 6.65. The predicted octanol–water partition coefficient (Wildman–Crippen LogP) is 5.42. The van der Waals surface area contributed by atoms with Crippen molar-refractivity contribution in [2.45, 2.75) is 6.92 Å². The second-order valence-corrected chi connectivity index (χ2v) is 8.11. The van der Waals surface area contributed by atoms with Gasteiger partial charge in [-0.25, -0.2) is 22.9 Å². The molecule has 2 heterocycles. The van der Waals surface area contributed by atoms with Crippen molar-refractivity contribution in [3.05, 3.63) is 64.6 Å². The van der Waals surface area contributed by atoms with E-state index in [1.54, 1.807) is 14.0 Å². The maximum atomic E-state index is 15.4. The van der Waals surface area contributed by atoms with Crippen molar-refractivity contribution in [1.29, 1.82) is 5.26 Å². The Morgan fingerprint density at radius 2 is 1.80 bits per heavy atom. The Morgan fingerprint density at radius 1 is 1.09 bits per heavy atom. The van der Waals surface area contributed by atoms with Crippen LogP contribution >= 0.6 is 11.6 Å². The number of halogens is 4. The highest BCUT2D eigenvalue weighted by Gasteiger charge is 2.37. The average Bonchev–Trinajstić information content (AvgIpc) is 2.91. The van der Waals surface area contributed by atoms with Gasteiger partial charge in [0.25, 0.3) is 0 Å². The summed E-state index contributed by atoms with van der Waals surface area (Å²) in [4.78, 5) is 19.8. The molecule has 35 heavy (non-hydrogen) atoms. The number of hydrogen-bond donors (Lipinski definition) is 2. The molecule has 3 aromatic rings. The summed E-state index contributed by atoms with van der Waals surface area (Å²) in [6.45, 7) is 2.66. The van der Waals surface area contributed by atoms with Crippen LogP contribution < -0.4 is 20.4 Å². The quantitative estimate of drug-likeness (QED) is 0.441. The Hall–Kier alpha value is -3.81. The van der Waals surface area contributed by atoms with Crippen molar-refractivity contribution in [2.75, 3.05) is 41.8 Å². The molecule has 1 aliphatic heterocycles. The Labute approximate surface area is 204 Å². The molecule has 7 nitrogen and oxygen atoms in total. The van der Waals surface area contributed by atoms with Crippen LogP contribution in [0.2, 0.25) is 5.02 Å². The topological polar surface area (TPSA) is 84.3 Å². The van der Waals surface area contributed by atoms with Crippen LogP contribution in [0, 0.1) is 28.8 Å². The Bertz CT molecular complexity index is 1340. The number of aromatic nitrogens is 1. The van der Waals surface area contributed by atoms with E-state index in [2.05, 4.69) is 15.6 Å². The van der Waals surface area contributed by atoms with Gasteiger partial charge in [-0.1, -0.05) is 11.6 Å². The average molecular weight is 501 g/mol. The minimum Gasteiger partial charge on any atom is -0.384 e. The van der Waals surface area contributed by atoms with Gasteiger partial charge in [0.15, 0.2) is 11.6 Å². The van der Waals surface area contributed by atoms with Gasteiger partial charge in [0, 0.05) is 42.6 Å². The van der Waals surface area contributed by atoms with Crippen LogP contribution in [0.25, 0.3) is 11.1 Å². The lowest BCUT2D eigenvalue weighted by Crippen LogP contribution is -2.41. The molecule has 0 fully saturated rings. The zero-order valence-corrected chi connectivity index (χ0v) is 19.6. The number of carbonyl (C=O) groups excluding carboxylic acids is 1. The summed E-state index contributed by atoms with van der Waals surface area (Å²) in [5.41, 5.74) is -0.885. The third-order valence-corrected chi connectivity index (χ3v) is 5.69. The lowest BCUT2D eigenvalue weighted by Gasteiger charge is -2.28. The Kier molecular flexibility index (Phi) is 6.82. The van der Waals surface area contributed by atoms with Crippen LogP contribution in [0.5, 0.6) is 0 Å². The third-order valence-electron chi connectivity index (χ3n) is 5.48. The van der Waals surface area contributed by atoms with Crippen LogP contribution in [-0.2, 0) is 0 Å². The van der Waals surface area contributed by atoms with Crippen LogP contribution in [0.4, 0.5) is 40.8 Å². The number of pyridine rings is 1. The largest absolute Gasteiger partial charge is 0.384 e. The first-order valence-electron chi connectivity index (χ1n) is 10.7. The molecule has 2 aromatic carbocycles. The fraction of sp³-hybridized carbons (Fsp3) is 0.208. The molecule has 0 unspecified atom stereocenters. The first-order chi connectivity index (χ1) is 16.8. The first-order valence-corrected chi connectivity index (χ1v) is 11.1. The highest BCUT2D eigenvalue weighted by Crippen LogP contribution is 2.47. The lowest BCUT2D eigenvalue weighted by molar-refractivity contribution is 0.253. The van der Waals surface area contributed by atoms with E-state index in [1.165, 1.54) is 18.3 Å². The van der Waals surface area contributed by atoms with Crippen molar-refractivity contribution < 1.29 is 18.0 Å². The van der Waals surface area contributed by atoms with E-state index in [9.17, 15) is 10.1 Å². The molecule has 1 aliphatic rings. The van der Waals surface area contributed by atoms with Gasteiger partial charge in [0.05, 0.1) is 22.3 Å². The molecule has 2 amide bonds. The molecule has 0 spiro atoms. The number of nitrogens with one attached hydrogen (secondary N) is 2. The molecule has 0 bridgehead atoms. The number of benzene rings is 2. The van der Waals surface area contributed by atoms with Gasteiger partial charge in [-0.05, 0) is 44.3 Å². The van der Waals surface area contributed by atoms with E-state index in [-0.39, 0.29) is 45.5 Å². The number of amides is 2. The van der Waals surface area contributed by atoms with Crippen molar-refractivity contribution in [3.8, 4) is 17.2 Å². The molecule has 4 rings (SSSR count). The van der Waals surface area contributed by atoms with Crippen molar-refractivity contribution in [2.24, 2.45) is 0 Å². The minimum atomic E-state index is -1.05. The standard InChI is InChI=1S/C24H20ClF3N6O/c1-3-33-23-16(8-14(25)12-32-23)21-17(26)6-13(11-29)7-20(21)34(24(33)35)22-18(27)9-15(10-19(22)28)31-5-4-30-2/h6-10,12,30-31H,3-5H2,1-2H3. The van der Waals surface area contributed by atoms with Gasteiger partial charge in [-0.2, -0.15) is 5.26 Å². The maximum absolute atomic E-state index is 15.4. The zero-order valence-electron chi connectivity index (χ0n) is 18.8. The molecule has 0 aliphatic carbocycles. The number of urea groups is 1. The second kappa shape index (κ2) is 9.82. The number of nitriles is 1. The van der Waals surface area contributed by atoms with E-state index in [1.807, 2.05) is 6.07 Å². The Morgan fingerprint density at radius 3 is 2.43 bits per heavy atom. The zero-order chi connectivity index (χ0) is 25.3. The number of nitrogens with zero attached hydrogens (tertiary/aromatic N) is 4. The summed E-state index contributed by atoms with van der Waals surface area (Å²) >= 11 is 6.12. The van der Waals surface area contributed by atoms with Gasteiger partial charge >= 0.3 is 6.03 Å². The van der Waals surface area contributed by atoms with Crippen molar-refractivity contribution in [3.63, 3.8) is 0 Å². The Balaban J connectivity index is 2.00. The molecule has 0 saturated carbocycles. The molecular weight excluding hydrogens is 481 g/mol. The second-order valence-electron chi connectivity index (χ2n) is 7.67. The lowest BCUT2D eigenvalue weighted by atomic mass is 10.0. The smallest absolute Gasteiger partial charge is 0.334 e.